The summed E-state index contributed by atoms with van der Waals surface area (Å²) in [5.41, 5.74) is 8.67. The molecular formula is C21H26N4O2S. The summed E-state index contributed by atoms with van der Waals surface area (Å²) < 4.78 is 7.59. The van der Waals surface area contributed by atoms with Crippen LogP contribution in [-0.4, -0.2) is 48.3 Å². The third-order valence-corrected chi connectivity index (χ3v) is 5.62. The van der Waals surface area contributed by atoms with E-state index in [-0.39, 0.29) is 5.91 Å². The van der Waals surface area contributed by atoms with Crippen molar-refractivity contribution in [3.05, 3.63) is 71.3 Å². The Balaban J connectivity index is 2.02. The lowest BCUT2D eigenvalue weighted by Gasteiger charge is -2.29. The van der Waals surface area contributed by atoms with Crippen molar-refractivity contribution in [2.45, 2.75) is 18.9 Å². The highest BCUT2D eigenvalue weighted by Gasteiger charge is 2.37. The zero-order valence-corrected chi connectivity index (χ0v) is 17.3. The Morgan fingerprint density at radius 3 is 2.68 bits per heavy atom. The monoisotopic (exact) mass is 398 g/mol. The summed E-state index contributed by atoms with van der Waals surface area (Å²) in [6, 6.07) is 18.4. The van der Waals surface area contributed by atoms with Crippen LogP contribution < -0.4 is 5.73 Å². The third-order valence-electron chi connectivity index (χ3n) is 4.99. The molecule has 0 radical (unpaired) electrons. The largest absolute Gasteiger partial charge is 0.369 e. The van der Waals surface area contributed by atoms with Gasteiger partial charge in [0.1, 0.15) is 17.8 Å². The molecular weight excluding hydrogens is 372 g/mol. The van der Waals surface area contributed by atoms with E-state index in [0.29, 0.717) is 19.1 Å². The van der Waals surface area contributed by atoms with Crippen molar-refractivity contribution < 1.29 is 8.98 Å². The number of benzene rings is 2. The van der Waals surface area contributed by atoms with Crippen molar-refractivity contribution in [3.8, 4) is 0 Å². The van der Waals surface area contributed by atoms with Crippen molar-refractivity contribution in [1.29, 1.82) is 0 Å². The van der Waals surface area contributed by atoms with Gasteiger partial charge in [-0.3, -0.25) is 13.3 Å². The van der Waals surface area contributed by atoms with Gasteiger partial charge in [0, 0.05) is 27.6 Å². The molecule has 148 valence electrons. The number of aliphatic imine (C=N–C) groups is 1. The van der Waals surface area contributed by atoms with Crippen LogP contribution in [0.4, 0.5) is 0 Å². The first-order chi connectivity index (χ1) is 13.4. The van der Waals surface area contributed by atoms with Crippen LogP contribution in [0.2, 0.25) is 0 Å². The van der Waals surface area contributed by atoms with Crippen molar-refractivity contribution in [2.75, 3.05) is 27.2 Å². The molecule has 2 aromatic carbocycles. The fourth-order valence-corrected chi connectivity index (χ4v) is 3.64. The van der Waals surface area contributed by atoms with Crippen LogP contribution >= 0.6 is 12.2 Å². The van der Waals surface area contributed by atoms with E-state index in [0.717, 1.165) is 23.1 Å². The summed E-state index contributed by atoms with van der Waals surface area (Å²) in [4.78, 5) is 18.1. The second-order valence-electron chi connectivity index (χ2n) is 6.92. The number of likely N-dealkylation sites (N-methyl/N-ethyl adjacent to an activating group) is 1. The molecule has 0 spiro atoms. The van der Waals surface area contributed by atoms with Crippen LogP contribution in [-0.2, 0) is 20.9 Å². The maximum atomic E-state index is 11.5. The molecule has 7 heteroatoms. The van der Waals surface area contributed by atoms with E-state index >= 15 is 0 Å². The summed E-state index contributed by atoms with van der Waals surface area (Å²) in [6.07, 6.45) is 0.767. The Kier molecular flexibility index (Phi) is 6.26. The second kappa shape index (κ2) is 8.67. The minimum absolute atomic E-state index is 0.0616. The average molecular weight is 399 g/mol. The topological polar surface area (TPSA) is 71.2 Å². The van der Waals surface area contributed by atoms with E-state index in [1.165, 1.54) is 12.2 Å². The van der Waals surface area contributed by atoms with E-state index in [9.17, 15) is 4.79 Å². The predicted octanol–water partition coefficient (Wildman–Crippen LogP) is 2.79. The maximum Gasteiger partial charge on any atom is 0.219 e. The van der Waals surface area contributed by atoms with E-state index in [1.807, 2.05) is 50.5 Å². The van der Waals surface area contributed by atoms with E-state index in [4.69, 9.17) is 14.9 Å². The Bertz CT molecular complexity index is 858. The molecule has 1 atom stereocenters. The van der Waals surface area contributed by atoms with Gasteiger partial charge < -0.3 is 10.6 Å². The number of hydrogen-bond donors (Lipinski definition) is 1. The third kappa shape index (κ3) is 4.31. The van der Waals surface area contributed by atoms with Crippen LogP contribution in [0.15, 0.2) is 59.6 Å². The molecule has 0 saturated heterocycles. The Hall–Kier alpha value is -2.51. The molecule has 0 aliphatic carbocycles. The Morgan fingerprint density at radius 2 is 1.96 bits per heavy atom. The normalized spacial score (nSPS) is 19.7. The number of rotatable bonds is 5. The number of carbonyl (C=O) groups excluding carboxylic acids is 1. The first kappa shape index (κ1) is 20.2. The van der Waals surface area contributed by atoms with Crippen molar-refractivity contribution in [3.63, 3.8) is 0 Å². The zero-order valence-electron chi connectivity index (χ0n) is 16.5. The Morgan fingerprint density at radius 1 is 1.25 bits per heavy atom. The molecule has 1 amide bonds. The van der Waals surface area contributed by atoms with Gasteiger partial charge in [-0.15, -0.1) is 0 Å². The molecule has 0 bridgehead atoms. The van der Waals surface area contributed by atoms with E-state index in [2.05, 4.69) is 18.2 Å². The molecule has 3 rings (SSSR count). The summed E-state index contributed by atoms with van der Waals surface area (Å²) in [6.45, 7) is 2.61. The summed E-state index contributed by atoms with van der Waals surface area (Å²) in [5.74, 6) is 0.472. The zero-order chi connectivity index (χ0) is 20.1. The standard InChI is InChI=1S/C21H26N4O2S/c1-16(26)24(2)13-12-17-8-7-11-19(14-17)21(18-9-5-4-6-10-18)15-27-28-25(3)20(22)23-21/h4-11,14H,12-13,15H2,1-3H3,(H2,22,23). The fraction of sp³-hybridized carbons (Fsp3) is 0.333. The van der Waals surface area contributed by atoms with Crippen molar-refractivity contribution >= 4 is 24.1 Å². The smallest absolute Gasteiger partial charge is 0.219 e. The lowest BCUT2D eigenvalue weighted by atomic mass is 9.83. The summed E-state index contributed by atoms with van der Waals surface area (Å²) >= 11 is 1.19. The van der Waals surface area contributed by atoms with Gasteiger partial charge in [-0.05, 0) is 23.1 Å². The number of nitrogens with two attached hydrogens (primary N) is 1. The molecule has 1 heterocycles. The molecule has 0 saturated carbocycles. The lowest BCUT2D eigenvalue weighted by molar-refractivity contribution is -0.127. The van der Waals surface area contributed by atoms with Crippen LogP contribution in [0.25, 0.3) is 0 Å². The minimum Gasteiger partial charge on any atom is -0.369 e. The van der Waals surface area contributed by atoms with Gasteiger partial charge in [-0.2, -0.15) is 0 Å². The molecule has 2 N–H and O–H groups in total. The van der Waals surface area contributed by atoms with Gasteiger partial charge in [-0.25, -0.2) is 4.99 Å². The van der Waals surface area contributed by atoms with Gasteiger partial charge in [0.2, 0.25) is 11.9 Å². The number of hydrogen-bond acceptors (Lipinski definition) is 6. The first-order valence-corrected chi connectivity index (χ1v) is 9.87. The van der Waals surface area contributed by atoms with Gasteiger partial charge in [0.25, 0.3) is 0 Å². The van der Waals surface area contributed by atoms with Gasteiger partial charge in [-0.1, -0.05) is 54.6 Å². The SMILES string of the molecule is CC(=O)N(C)CCc1cccc(C2(c3ccccc3)COSN(C)C(N)=N2)c1. The molecule has 1 aliphatic rings. The van der Waals surface area contributed by atoms with E-state index in [1.54, 1.807) is 16.1 Å². The number of guanidine groups is 1. The molecule has 28 heavy (non-hydrogen) atoms. The van der Waals surface area contributed by atoms with Gasteiger partial charge in [0.05, 0.1) is 6.61 Å². The number of nitrogens with zero attached hydrogens (tertiary/aromatic N) is 3. The van der Waals surface area contributed by atoms with E-state index < -0.39 is 5.54 Å². The lowest BCUT2D eigenvalue weighted by Crippen LogP contribution is -2.34. The van der Waals surface area contributed by atoms with Crippen molar-refractivity contribution in [1.82, 2.24) is 9.21 Å². The number of amides is 1. The molecule has 6 nitrogen and oxygen atoms in total. The van der Waals surface area contributed by atoms with Gasteiger partial charge >= 0.3 is 0 Å². The van der Waals surface area contributed by atoms with Crippen LogP contribution in [0.5, 0.6) is 0 Å². The minimum atomic E-state index is -0.731. The quantitative estimate of drug-likeness (QED) is 0.619. The second-order valence-corrected chi connectivity index (χ2v) is 7.85. The molecule has 2 aromatic rings. The highest BCUT2D eigenvalue weighted by atomic mass is 32.2. The highest BCUT2D eigenvalue weighted by Crippen LogP contribution is 2.38. The molecule has 0 fully saturated rings. The van der Waals surface area contributed by atoms with Crippen LogP contribution in [0, 0.1) is 0 Å². The first-order valence-electron chi connectivity index (χ1n) is 9.17. The highest BCUT2D eigenvalue weighted by molar-refractivity contribution is 7.92. The predicted molar refractivity (Wildman–Crippen MR) is 114 cm³/mol. The van der Waals surface area contributed by atoms with Gasteiger partial charge in [0.15, 0.2) is 0 Å². The fourth-order valence-electron chi connectivity index (χ4n) is 3.14. The summed E-state index contributed by atoms with van der Waals surface area (Å²) in [7, 11) is 3.65. The number of carbonyl (C=O) groups is 1. The summed E-state index contributed by atoms with van der Waals surface area (Å²) in [5, 5.41) is 0. The maximum absolute atomic E-state index is 11.5. The molecule has 1 unspecified atom stereocenters. The Labute approximate surface area is 170 Å². The molecule has 1 aliphatic heterocycles. The van der Waals surface area contributed by atoms with Crippen LogP contribution in [0.3, 0.4) is 0 Å². The van der Waals surface area contributed by atoms with Crippen LogP contribution in [0.1, 0.15) is 23.6 Å². The average Bonchev–Trinajstić information content (AvgIpc) is 2.86. The molecule has 0 aromatic heterocycles. The van der Waals surface area contributed by atoms with Crippen molar-refractivity contribution in [2.24, 2.45) is 10.7 Å².